The Balaban J connectivity index is 2.02. The van der Waals surface area contributed by atoms with Crippen molar-refractivity contribution in [3.8, 4) is 5.75 Å². The molecular formula is C18H18O4. The SMILES string of the molecule is COCC(=O)c1ccc2c(c1)C(c1ccccc1)CC(O)O2. The van der Waals surface area contributed by atoms with Crippen molar-refractivity contribution < 1.29 is 19.4 Å². The molecule has 3 rings (SSSR count). The summed E-state index contributed by atoms with van der Waals surface area (Å²) in [5.74, 6) is 0.569. The first-order chi connectivity index (χ1) is 10.7. The molecule has 0 aromatic heterocycles. The summed E-state index contributed by atoms with van der Waals surface area (Å²) in [7, 11) is 1.50. The number of rotatable bonds is 4. The molecule has 0 saturated carbocycles. The molecule has 0 radical (unpaired) electrons. The van der Waals surface area contributed by atoms with Crippen LogP contribution >= 0.6 is 0 Å². The van der Waals surface area contributed by atoms with Gasteiger partial charge in [0.05, 0.1) is 0 Å². The lowest BCUT2D eigenvalue weighted by Gasteiger charge is -2.30. The lowest BCUT2D eigenvalue weighted by Crippen LogP contribution is -2.26. The molecule has 0 bridgehead atoms. The molecule has 114 valence electrons. The maximum Gasteiger partial charge on any atom is 0.198 e. The average Bonchev–Trinajstić information content (AvgIpc) is 2.54. The second-order valence-corrected chi connectivity index (χ2v) is 5.38. The van der Waals surface area contributed by atoms with Gasteiger partial charge in [-0.1, -0.05) is 30.3 Å². The fourth-order valence-electron chi connectivity index (χ4n) is 2.84. The zero-order valence-electron chi connectivity index (χ0n) is 12.4. The molecule has 2 aromatic carbocycles. The van der Waals surface area contributed by atoms with Crippen LogP contribution in [-0.2, 0) is 4.74 Å². The van der Waals surface area contributed by atoms with Crippen molar-refractivity contribution in [3.63, 3.8) is 0 Å². The minimum Gasteiger partial charge on any atom is -0.465 e. The zero-order valence-corrected chi connectivity index (χ0v) is 12.4. The average molecular weight is 298 g/mol. The van der Waals surface area contributed by atoms with Crippen molar-refractivity contribution in [1.29, 1.82) is 0 Å². The van der Waals surface area contributed by atoms with E-state index in [0.29, 0.717) is 17.7 Å². The Morgan fingerprint density at radius 2 is 2.05 bits per heavy atom. The molecule has 1 N–H and O–H groups in total. The number of ether oxygens (including phenoxy) is 2. The van der Waals surface area contributed by atoms with Gasteiger partial charge in [0.1, 0.15) is 12.4 Å². The Morgan fingerprint density at radius 3 is 2.77 bits per heavy atom. The maximum absolute atomic E-state index is 12.0. The first-order valence-electron chi connectivity index (χ1n) is 7.25. The first-order valence-corrected chi connectivity index (χ1v) is 7.25. The Hall–Kier alpha value is -2.17. The molecule has 4 nitrogen and oxygen atoms in total. The lowest BCUT2D eigenvalue weighted by atomic mass is 9.85. The Kier molecular flexibility index (Phi) is 4.22. The highest BCUT2D eigenvalue weighted by atomic mass is 16.6. The maximum atomic E-state index is 12.0. The predicted octanol–water partition coefficient (Wildman–Crippen LogP) is 2.75. The molecule has 22 heavy (non-hydrogen) atoms. The molecule has 0 fully saturated rings. The first kappa shape index (κ1) is 14.8. The number of aliphatic hydroxyl groups excluding tert-OH is 1. The van der Waals surface area contributed by atoms with Crippen LogP contribution in [0.25, 0.3) is 0 Å². The van der Waals surface area contributed by atoms with Crippen molar-refractivity contribution in [2.45, 2.75) is 18.6 Å². The van der Waals surface area contributed by atoms with Crippen LogP contribution in [0.15, 0.2) is 48.5 Å². The van der Waals surface area contributed by atoms with Gasteiger partial charge in [0.25, 0.3) is 0 Å². The number of hydrogen-bond donors (Lipinski definition) is 1. The van der Waals surface area contributed by atoms with Gasteiger partial charge in [0, 0.05) is 30.6 Å². The van der Waals surface area contributed by atoms with Crippen molar-refractivity contribution in [3.05, 3.63) is 65.2 Å². The molecule has 0 saturated heterocycles. The van der Waals surface area contributed by atoms with Crippen LogP contribution < -0.4 is 4.74 Å². The number of fused-ring (bicyclic) bond motifs is 1. The molecule has 1 heterocycles. The van der Waals surface area contributed by atoms with Gasteiger partial charge in [-0.05, 0) is 23.8 Å². The van der Waals surface area contributed by atoms with E-state index in [0.717, 1.165) is 11.1 Å². The van der Waals surface area contributed by atoms with E-state index in [4.69, 9.17) is 9.47 Å². The topological polar surface area (TPSA) is 55.8 Å². The number of hydrogen-bond acceptors (Lipinski definition) is 4. The molecule has 2 unspecified atom stereocenters. The van der Waals surface area contributed by atoms with E-state index < -0.39 is 6.29 Å². The van der Waals surface area contributed by atoms with Crippen LogP contribution in [0.5, 0.6) is 5.75 Å². The van der Waals surface area contributed by atoms with E-state index in [1.54, 1.807) is 12.1 Å². The third-order valence-electron chi connectivity index (χ3n) is 3.88. The predicted molar refractivity (Wildman–Crippen MR) is 82.2 cm³/mol. The fourth-order valence-corrected chi connectivity index (χ4v) is 2.84. The van der Waals surface area contributed by atoms with Crippen LogP contribution in [0.4, 0.5) is 0 Å². The largest absolute Gasteiger partial charge is 0.465 e. The molecule has 2 aromatic rings. The molecule has 1 aliphatic heterocycles. The Labute approximate surface area is 129 Å². The van der Waals surface area contributed by atoms with Crippen molar-refractivity contribution in [1.82, 2.24) is 0 Å². The minimum atomic E-state index is -0.835. The smallest absolute Gasteiger partial charge is 0.198 e. The van der Waals surface area contributed by atoms with Crippen LogP contribution in [-0.4, -0.2) is 30.9 Å². The lowest BCUT2D eigenvalue weighted by molar-refractivity contribution is -0.0359. The van der Waals surface area contributed by atoms with Gasteiger partial charge < -0.3 is 14.6 Å². The molecule has 1 aliphatic rings. The number of ketones is 1. The Bertz CT molecular complexity index is 666. The second-order valence-electron chi connectivity index (χ2n) is 5.38. The zero-order chi connectivity index (χ0) is 15.5. The van der Waals surface area contributed by atoms with Crippen molar-refractivity contribution in [2.75, 3.05) is 13.7 Å². The highest BCUT2D eigenvalue weighted by molar-refractivity contribution is 5.97. The highest BCUT2D eigenvalue weighted by Gasteiger charge is 2.29. The van der Waals surface area contributed by atoms with Gasteiger partial charge in [-0.25, -0.2) is 0 Å². The third-order valence-corrected chi connectivity index (χ3v) is 3.88. The van der Waals surface area contributed by atoms with Crippen molar-refractivity contribution >= 4 is 5.78 Å². The molecule has 0 aliphatic carbocycles. The number of aliphatic hydroxyl groups is 1. The van der Waals surface area contributed by atoms with Crippen molar-refractivity contribution in [2.24, 2.45) is 0 Å². The monoisotopic (exact) mass is 298 g/mol. The van der Waals surface area contributed by atoms with Gasteiger partial charge in [0.2, 0.25) is 0 Å². The normalized spacial score (nSPS) is 20.1. The molecule has 0 amide bonds. The quantitative estimate of drug-likeness (QED) is 0.882. The number of methoxy groups -OCH3 is 1. The second kappa shape index (κ2) is 6.30. The van der Waals surface area contributed by atoms with E-state index in [1.165, 1.54) is 7.11 Å². The summed E-state index contributed by atoms with van der Waals surface area (Å²) >= 11 is 0. The van der Waals surface area contributed by atoms with Crippen LogP contribution in [0, 0.1) is 0 Å². The van der Waals surface area contributed by atoms with Crippen LogP contribution in [0.3, 0.4) is 0 Å². The summed E-state index contributed by atoms with van der Waals surface area (Å²) in [6, 6.07) is 15.2. The fraction of sp³-hybridized carbons (Fsp3) is 0.278. The summed E-state index contributed by atoms with van der Waals surface area (Å²) < 4.78 is 10.4. The summed E-state index contributed by atoms with van der Waals surface area (Å²) in [5, 5.41) is 9.94. The summed E-state index contributed by atoms with van der Waals surface area (Å²) in [5.41, 5.74) is 2.63. The standard InChI is InChI=1S/C18H18O4/c1-21-11-16(19)13-7-8-17-15(9-13)14(10-18(20)22-17)12-5-3-2-4-6-12/h2-9,14,18,20H,10-11H2,1H3. The highest BCUT2D eigenvalue weighted by Crippen LogP contribution is 2.40. The van der Waals surface area contributed by atoms with E-state index in [-0.39, 0.29) is 18.3 Å². The third kappa shape index (κ3) is 2.89. The van der Waals surface area contributed by atoms with Crippen LogP contribution in [0.2, 0.25) is 0 Å². The molecule has 0 spiro atoms. The number of carbonyl (C=O) groups excluding carboxylic acids is 1. The number of Topliss-reactive ketones (excluding diaryl/α,β-unsaturated/α-hetero) is 1. The molecule has 4 heteroatoms. The van der Waals surface area contributed by atoms with E-state index in [1.807, 2.05) is 36.4 Å². The van der Waals surface area contributed by atoms with Gasteiger partial charge in [-0.3, -0.25) is 4.79 Å². The van der Waals surface area contributed by atoms with E-state index in [2.05, 4.69) is 0 Å². The number of benzene rings is 2. The summed E-state index contributed by atoms with van der Waals surface area (Å²) in [6.07, 6.45) is -0.364. The van der Waals surface area contributed by atoms with Gasteiger partial charge in [-0.15, -0.1) is 0 Å². The van der Waals surface area contributed by atoms with Crippen LogP contribution in [0.1, 0.15) is 33.8 Å². The summed E-state index contributed by atoms with van der Waals surface area (Å²) in [6.45, 7) is 0.0538. The van der Waals surface area contributed by atoms with E-state index in [9.17, 15) is 9.90 Å². The van der Waals surface area contributed by atoms with Gasteiger partial charge >= 0.3 is 0 Å². The molecular weight excluding hydrogens is 280 g/mol. The van der Waals surface area contributed by atoms with E-state index >= 15 is 0 Å². The number of carbonyl (C=O) groups is 1. The minimum absolute atomic E-state index is 0.00949. The molecule has 2 atom stereocenters. The summed E-state index contributed by atoms with van der Waals surface area (Å²) in [4.78, 5) is 12.0. The van der Waals surface area contributed by atoms with Gasteiger partial charge in [-0.2, -0.15) is 0 Å². The Morgan fingerprint density at radius 1 is 1.27 bits per heavy atom. The van der Waals surface area contributed by atoms with Gasteiger partial charge in [0.15, 0.2) is 12.1 Å².